The summed E-state index contributed by atoms with van der Waals surface area (Å²) in [6.07, 6.45) is 5.32. The van der Waals surface area contributed by atoms with Crippen molar-refractivity contribution in [2.45, 2.75) is 39.0 Å². The fourth-order valence-corrected chi connectivity index (χ4v) is 5.47. The van der Waals surface area contributed by atoms with Crippen LogP contribution >= 0.6 is 23.6 Å². The molecule has 0 atom stereocenters. The van der Waals surface area contributed by atoms with Gasteiger partial charge in [0, 0.05) is 10.6 Å². The quantitative estimate of drug-likeness (QED) is 0.287. The molecule has 1 aliphatic rings. The zero-order chi connectivity index (χ0) is 22.3. The van der Waals surface area contributed by atoms with Crippen molar-refractivity contribution in [2.75, 3.05) is 22.6 Å². The molecule has 1 aliphatic carbocycles. The number of anilines is 3. The predicted octanol–water partition coefficient (Wildman–Crippen LogP) is 6.48. The number of thiophene rings is 1. The van der Waals surface area contributed by atoms with Gasteiger partial charge in [0.25, 0.3) is 5.91 Å². The Balaban J connectivity index is 1.62. The van der Waals surface area contributed by atoms with Crippen molar-refractivity contribution in [1.29, 1.82) is 0 Å². The lowest BCUT2D eigenvalue weighted by atomic mass is 10.0. The van der Waals surface area contributed by atoms with Gasteiger partial charge in [0.05, 0.1) is 17.9 Å². The van der Waals surface area contributed by atoms with E-state index >= 15 is 0 Å². The predicted molar refractivity (Wildman–Crippen MR) is 137 cm³/mol. The lowest BCUT2D eigenvalue weighted by Crippen LogP contribution is -2.21. The molecule has 3 N–H and O–H groups in total. The van der Waals surface area contributed by atoms with E-state index in [1.165, 1.54) is 11.3 Å². The summed E-state index contributed by atoms with van der Waals surface area (Å²) in [5, 5.41) is 10.8. The van der Waals surface area contributed by atoms with Gasteiger partial charge < -0.3 is 20.7 Å². The summed E-state index contributed by atoms with van der Waals surface area (Å²) in [5.41, 5.74) is 3.41. The number of hydrogen-bond donors (Lipinski definition) is 3. The molecule has 0 bridgehead atoms. The third kappa shape index (κ3) is 5.29. The summed E-state index contributed by atoms with van der Waals surface area (Å²) in [6, 6.07) is 17.3. The van der Waals surface area contributed by atoms with Gasteiger partial charge in [-0.2, -0.15) is 0 Å². The Morgan fingerprint density at radius 1 is 0.969 bits per heavy atom. The number of hydrogen-bond acceptors (Lipinski definition) is 4. The van der Waals surface area contributed by atoms with Crippen molar-refractivity contribution >= 4 is 51.0 Å². The smallest absolute Gasteiger partial charge is 0.259 e. The van der Waals surface area contributed by atoms with Gasteiger partial charge in [-0.1, -0.05) is 36.8 Å². The van der Waals surface area contributed by atoms with Crippen molar-refractivity contribution in [3.63, 3.8) is 0 Å². The molecule has 166 valence electrons. The molecular formula is C25H27N3O2S2. The van der Waals surface area contributed by atoms with Crippen molar-refractivity contribution in [2.24, 2.45) is 0 Å². The van der Waals surface area contributed by atoms with E-state index in [1.54, 1.807) is 11.3 Å². The van der Waals surface area contributed by atoms with Crippen molar-refractivity contribution < 1.29 is 9.53 Å². The largest absolute Gasteiger partial charge is 0.492 e. The number of benzene rings is 2. The normalized spacial score (nSPS) is 12.9. The van der Waals surface area contributed by atoms with Crippen LogP contribution in [0.4, 0.5) is 16.4 Å². The third-order valence-corrected chi connectivity index (χ3v) is 6.75. The average molecular weight is 466 g/mol. The molecule has 0 saturated heterocycles. The van der Waals surface area contributed by atoms with Gasteiger partial charge in [0.15, 0.2) is 5.11 Å². The minimum atomic E-state index is -0.137. The van der Waals surface area contributed by atoms with Crippen LogP contribution in [0, 0.1) is 0 Å². The first-order valence-electron chi connectivity index (χ1n) is 11.0. The summed E-state index contributed by atoms with van der Waals surface area (Å²) in [4.78, 5) is 14.8. The molecule has 0 unspecified atom stereocenters. The molecule has 3 aromatic rings. The molecular weight excluding hydrogens is 438 g/mol. The molecule has 0 spiro atoms. The Hall–Kier alpha value is -2.90. The maximum atomic E-state index is 13.5. The Kier molecular flexibility index (Phi) is 7.39. The van der Waals surface area contributed by atoms with Gasteiger partial charge in [-0.3, -0.25) is 4.79 Å². The molecule has 1 aromatic heterocycles. The van der Waals surface area contributed by atoms with Gasteiger partial charge in [-0.15, -0.1) is 11.3 Å². The van der Waals surface area contributed by atoms with Crippen LogP contribution in [0.2, 0.25) is 0 Å². The first kappa shape index (κ1) is 22.3. The van der Waals surface area contributed by atoms with Gasteiger partial charge in [-0.25, -0.2) is 0 Å². The van der Waals surface area contributed by atoms with E-state index in [-0.39, 0.29) is 5.91 Å². The van der Waals surface area contributed by atoms with E-state index in [1.807, 2.05) is 61.5 Å². The van der Waals surface area contributed by atoms with Gasteiger partial charge in [0.1, 0.15) is 10.8 Å². The van der Waals surface area contributed by atoms with Crippen molar-refractivity contribution in [3.05, 3.63) is 70.6 Å². The summed E-state index contributed by atoms with van der Waals surface area (Å²) in [6.45, 7) is 2.47. The number of amides is 1. The number of aryl methyl sites for hydroxylation is 1. The summed E-state index contributed by atoms with van der Waals surface area (Å²) < 4.78 is 5.69. The average Bonchev–Trinajstić information content (AvgIpc) is 2.96. The van der Waals surface area contributed by atoms with Crippen LogP contribution in [0.25, 0.3) is 0 Å². The molecule has 32 heavy (non-hydrogen) atoms. The zero-order valence-corrected chi connectivity index (χ0v) is 19.7. The number of rotatable bonds is 6. The standard InChI is InChI=1S/C25H27N3O2S2/c1-2-30-20-15-10-9-14-19(20)27-23(29)22-18-13-7-4-8-16-21(18)32-24(22)28-25(31)26-17-11-5-3-6-12-17/h3,5-6,9-12,14-15H,2,4,7-8,13,16H2,1H3,(H,27,29)(H2,26,28,31). The third-order valence-electron chi connectivity index (χ3n) is 5.34. The van der Waals surface area contributed by atoms with Crippen LogP contribution in [0.15, 0.2) is 54.6 Å². The SMILES string of the molecule is CCOc1ccccc1NC(=O)c1c(NC(=S)Nc2ccccc2)sc2c1CCCCC2. The summed E-state index contributed by atoms with van der Waals surface area (Å²) in [5.74, 6) is 0.530. The highest BCUT2D eigenvalue weighted by atomic mass is 32.1. The highest BCUT2D eigenvalue weighted by Gasteiger charge is 2.26. The Morgan fingerprint density at radius 3 is 2.53 bits per heavy atom. The van der Waals surface area contributed by atoms with E-state index in [0.29, 0.717) is 28.7 Å². The Labute approximate surface area is 198 Å². The molecule has 0 saturated carbocycles. The number of thiocarbonyl (C=S) groups is 1. The first-order chi connectivity index (χ1) is 15.7. The molecule has 0 radical (unpaired) electrons. The van der Waals surface area contributed by atoms with Crippen molar-refractivity contribution in [1.82, 2.24) is 0 Å². The molecule has 7 heteroatoms. The van der Waals surface area contributed by atoms with E-state index in [4.69, 9.17) is 17.0 Å². The second-order valence-corrected chi connectivity index (χ2v) is 9.11. The maximum Gasteiger partial charge on any atom is 0.259 e. The van der Waals surface area contributed by atoms with Crippen LogP contribution in [-0.2, 0) is 12.8 Å². The highest BCUT2D eigenvalue weighted by molar-refractivity contribution is 7.80. The minimum Gasteiger partial charge on any atom is -0.492 e. The maximum absolute atomic E-state index is 13.5. The molecule has 4 rings (SSSR count). The summed E-state index contributed by atoms with van der Waals surface area (Å²) >= 11 is 7.19. The second-order valence-electron chi connectivity index (χ2n) is 7.60. The highest BCUT2D eigenvalue weighted by Crippen LogP contribution is 2.38. The van der Waals surface area contributed by atoms with Crippen LogP contribution in [-0.4, -0.2) is 17.6 Å². The van der Waals surface area contributed by atoms with Crippen LogP contribution in [0.5, 0.6) is 5.75 Å². The van der Waals surface area contributed by atoms with Gasteiger partial charge in [0.2, 0.25) is 0 Å². The molecule has 0 aliphatic heterocycles. The number of carbonyl (C=O) groups is 1. The molecule has 5 nitrogen and oxygen atoms in total. The molecule has 1 heterocycles. The van der Waals surface area contributed by atoms with Crippen molar-refractivity contribution in [3.8, 4) is 5.75 Å². The summed E-state index contributed by atoms with van der Waals surface area (Å²) in [7, 11) is 0. The zero-order valence-electron chi connectivity index (χ0n) is 18.1. The number of fused-ring (bicyclic) bond motifs is 1. The fourth-order valence-electron chi connectivity index (χ4n) is 3.89. The number of carbonyl (C=O) groups excluding carboxylic acids is 1. The van der Waals surface area contributed by atoms with Gasteiger partial charge in [-0.05, 0) is 74.7 Å². The number of ether oxygens (including phenoxy) is 1. The van der Waals surface area contributed by atoms with E-state index < -0.39 is 0 Å². The van der Waals surface area contributed by atoms with E-state index in [0.717, 1.165) is 41.9 Å². The Bertz CT molecular complexity index is 1100. The van der Waals surface area contributed by atoms with Crippen LogP contribution in [0.3, 0.4) is 0 Å². The van der Waals surface area contributed by atoms with E-state index in [9.17, 15) is 4.79 Å². The van der Waals surface area contributed by atoms with Crippen LogP contribution in [0.1, 0.15) is 47.0 Å². The minimum absolute atomic E-state index is 0.137. The first-order valence-corrected chi connectivity index (χ1v) is 12.2. The fraction of sp³-hybridized carbons (Fsp3) is 0.280. The molecule has 1 amide bonds. The Morgan fingerprint density at radius 2 is 1.72 bits per heavy atom. The number of para-hydroxylation sites is 3. The molecule has 0 fully saturated rings. The molecule has 2 aromatic carbocycles. The number of nitrogens with one attached hydrogen (secondary N) is 3. The van der Waals surface area contributed by atoms with Gasteiger partial charge >= 0.3 is 0 Å². The van der Waals surface area contributed by atoms with Crippen LogP contribution < -0.4 is 20.7 Å². The van der Waals surface area contributed by atoms with E-state index in [2.05, 4.69) is 16.0 Å². The second kappa shape index (κ2) is 10.6. The lowest BCUT2D eigenvalue weighted by Gasteiger charge is -2.14. The monoisotopic (exact) mass is 465 g/mol. The lowest BCUT2D eigenvalue weighted by molar-refractivity contribution is 0.102. The topological polar surface area (TPSA) is 62.4 Å².